The number of amides is 2. The first kappa shape index (κ1) is 16.5. The van der Waals surface area contributed by atoms with Crippen LogP contribution < -0.4 is 10.6 Å². The Bertz CT molecular complexity index is 377. The summed E-state index contributed by atoms with van der Waals surface area (Å²) in [6.07, 6.45) is 5.16. The van der Waals surface area contributed by atoms with Crippen LogP contribution in [0.1, 0.15) is 52.4 Å². The van der Waals surface area contributed by atoms with Crippen molar-refractivity contribution >= 4 is 11.8 Å². The Hall–Kier alpha value is -1.57. The number of carbonyl (C=O) groups is 2. The van der Waals surface area contributed by atoms with Crippen molar-refractivity contribution in [3.63, 3.8) is 0 Å². The topological polar surface area (TPSA) is 82.0 Å². The van der Waals surface area contributed by atoms with Crippen molar-refractivity contribution in [3.8, 4) is 6.07 Å². The fourth-order valence-electron chi connectivity index (χ4n) is 2.43. The lowest BCUT2D eigenvalue weighted by Gasteiger charge is -2.23. The van der Waals surface area contributed by atoms with Gasteiger partial charge in [0.25, 0.3) is 0 Å². The summed E-state index contributed by atoms with van der Waals surface area (Å²) in [5.41, 5.74) is -0.936. The lowest BCUT2D eigenvalue weighted by molar-refractivity contribution is -0.131. The van der Waals surface area contributed by atoms with Crippen LogP contribution in [0.15, 0.2) is 0 Å². The van der Waals surface area contributed by atoms with E-state index in [9.17, 15) is 14.9 Å². The Morgan fingerprint density at radius 1 is 1.15 bits per heavy atom. The van der Waals surface area contributed by atoms with Gasteiger partial charge in [-0.25, -0.2) is 0 Å². The largest absolute Gasteiger partial charge is 0.354 e. The van der Waals surface area contributed by atoms with Crippen molar-refractivity contribution in [2.75, 3.05) is 13.1 Å². The molecule has 1 rings (SSSR count). The predicted octanol–water partition coefficient (Wildman–Crippen LogP) is 1.74. The van der Waals surface area contributed by atoms with Gasteiger partial charge >= 0.3 is 0 Å². The number of nitrogens with one attached hydrogen (secondary N) is 2. The SMILES string of the molecule is CC(C)CNC(=O)CNC(=O)C1(C#N)CCCCCC1. The van der Waals surface area contributed by atoms with Crippen LogP contribution in [0.4, 0.5) is 0 Å². The van der Waals surface area contributed by atoms with Gasteiger partial charge in [-0.15, -0.1) is 0 Å². The maximum absolute atomic E-state index is 12.2. The number of carbonyl (C=O) groups excluding carboxylic acids is 2. The molecule has 2 amide bonds. The van der Waals surface area contributed by atoms with Gasteiger partial charge in [0.2, 0.25) is 11.8 Å². The van der Waals surface area contributed by atoms with Crippen LogP contribution in [0.25, 0.3) is 0 Å². The van der Waals surface area contributed by atoms with Gasteiger partial charge in [0, 0.05) is 6.54 Å². The number of nitriles is 1. The third-order valence-corrected chi connectivity index (χ3v) is 3.72. The number of rotatable bonds is 5. The molecule has 20 heavy (non-hydrogen) atoms. The molecule has 1 aliphatic carbocycles. The molecule has 0 atom stereocenters. The Balaban J connectivity index is 2.47. The molecule has 0 spiro atoms. The lowest BCUT2D eigenvalue weighted by atomic mass is 9.81. The van der Waals surface area contributed by atoms with E-state index >= 15 is 0 Å². The zero-order valence-corrected chi connectivity index (χ0v) is 12.5. The number of hydrogen-bond acceptors (Lipinski definition) is 3. The van der Waals surface area contributed by atoms with Gasteiger partial charge in [-0.2, -0.15) is 5.26 Å². The summed E-state index contributed by atoms with van der Waals surface area (Å²) in [7, 11) is 0. The van der Waals surface area contributed by atoms with Crippen molar-refractivity contribution in [3.05, 3.63) is 0 Å². The molecule has 1 fully saturated rings. The quantitative estimate of drug-likeness (QED) is 0.752. The van der Waals surface area contributed by atoms with Gasteiger partial charge < -0.3 is 10.6 Å². The Kier molecular flexibility index (Phi) is 6.50. The second-order valence-electron chi connectivity index (χ2n) is 5.99. The highest BCUT2D eigenvalue weighted by Crippen LogP contribution is 2.34. The summed E-state index contributed by atoms with van der Waals surface area (Å²) in [5, 5.41) is 14.7. The first-order valence-electron chi connectivity index (χ1n) is 7.46. The second kappa shape index (κ2) is 7.88. The van der Waals surface area contributed by atoms with E-state index in [0.29, 0.717) is 25.3 Å². The van der Waals surface area contributed by atoms with Crippen molar-refractivity contribution in [1.82, 2.24) is 10.6 Å². The molecule has 0 unspecified atom stereocenters. The summed E-state index contributed by atoms with van der Waals surface area (Å²) in [6, 6.07) is 2.19. The van der Waals surface area contributed by atoms with Gasteiger partial charge in [0.15, 0.2) is 0 Å². The molecule has 0 aromatic heterocycles. The molecule has 112 valence electrons. The van der Waals surface area contributed by atoms with E-state index in [4.69, 9.17) is 0 Å². The van der Waals surface area contributed by atoms with Crippen molar-refractivity contribution in [2.24, 2.45) is 11.3 Å². The molecule has 0 aliphatic heterocycles. The van der Waals surface area contributed by atoms with E-state index in [1.54, 1.807) is 0 Å². The molecular weight excluding hydrogens is 254 g/mol. The zero-order valence-electron chi connectivity index (χ0n) is 12.5. The maximum Gasteiger partial charge on any atom is 0.240 e. The van der Waals surface area contributed by atoms with Gasteiger partial charge in [0.1, 0.15) is 5.41 Å². The molecular formula is C15H25N3O2. The molecule has 0 radical (unpaired) electrons. The molecule has 0 saturated heterocycles. The fraction of sp³-hybridized carbons (Fsp3) is 0.800. The van der Waals surface area contributed by atoms with Crippen molar-refractivity contribution in [1.29, 1.82) is 5.26 Å². The normalized spacial score (nSPS) is 17.9. The standard InChI is InChI=1S/C15H25N3O2/c1-12(2)9-17-13(19)10-18-14(20)15(11-16)7-5-3-4-6-8-15/h12H,3-10H2,1-2H3,(H,17,19)(H,18,20). The Morgan fingerprint density at radius 2 is 1.75 bits per heavy atom. The molecule has 1 aliphatic rings. The van der Waals surface area contributed by atoms with Crippen LogP contribution in [-0.2, 0) is 9.59 Å². The maximum atomic E-state index is 12.2. The second-order valence-corrected chi connectivity index (χ2v) is 5.99. The molecule has 5 nitrogen and oxygen atoms in total. The van der Waals surface area contributed by atoms with E-state index < -0.39 is 5.41 Å². The predicted molar refractivity (Wildman–Crippen MR) is 76.6 cm³/mol. The number of hydrogen-bond donors (Lipinski definition) is 2. The van der Waals surface area contributed by atoms with Crippen LogP contribution in [0.2, 0.25) is 0 Å². The monoisotopic (exact) mass is 279 g/mol. The Morgan fingerprint density at radius 3 is 2.25 bits per heavy atom. The van der Waals surface area contributed by atoms with E-state index in [1.165, 1.54) is 0 Å². The minimum atomic E-state index is -0.936. The molecule has 1 saturated carbocycles. The fourth-order valence-corrected chi connectivity index (χ4v) is 2.43. The molecule has 2 N–H and O–H groups in total. The van der Waals surface area contributed by atoms with Gasteiger partial charge in [-0.1, -0.05) is 39.5 Å². The van der Waals surface area contributed by atoms with Crippen LogP contribution in [0.5, 0.6) is 0 Å². The molecule has 0 aromatic carbocycles. The van der Waals surface area contributed by atoms with E-state index in [1.807, 2.05) is 13.8 Å². The minimum Gasteiger partial charge on any atom is -0.354 e. The summed E-state index contributed by atoms with van der Waals surface area (Å²) in [6.45, 7) is 4.57. The first-order chi connectivity index (χ1) is 9.50. The highest BCUT2D eigenvalue weighted by molar-refractivity contribution is 5.89. The van der Waals surface area contributed by atoms with Crippen LogP contribution in [0, 0.1) is 22.7 Å². The summed E-state index contributed by atoms with van der Waals surface area (Å²) < 4.78 is 0. The van der Waals surface area contributed by atoms with Gasteiger partial charge in [0.05, 0.1) is 12.6 Å². The number of nitrogens with zero attached hydrogens (tertiary/aromatic N) is 1. The zero-order chi connectivity index (χ0) is 15.0. The molecule has 5 heteroatoms. The third kappa shape index (κ3) is 4.84. The highest BCUT2D eigenvalue weighted by Gasteiger charge is 2.38. The minimum absolute atomic E-state index is 0.0466. The lowest BCUT2D eigenvalue weighted by Crippen LogP contribution is -2.45. The Labute approximate surface area is 121 Å². The molecule has 0 heterocycles. The molecule has 0 aromatic rings. The highest BCUT2D eigenvalue weighted by atomic mass is 16.2. The summed E-state index contributed by atoms with van der Waals surface area (Å²) in [4.78, 5) is 23.8. The summed E-state index contributed by atoms with van der Waals surface area (Å²) >= 11 is 0. The average Bonchev–Trinajstić information content (AvgIpc) is 2.68. The first-order valence-corrected chi connectivity index (χ1v) is 7.46. The summed E-state index contributed by atoms with van der Waals surface area (Å²) in [5.74, 6) is -0.114. The molecule has 0 bridgehead atoms. The van der Waals surface area contributed by atoms with Crippen LogP contribution in [0.3, 0.4) is 0 Å². The van der Waals surface area contributed by atoms with E-state index in [-0.39, 0.29) is 18.4 Å². The van der Waals surface area contributed by atoms with Gasteiger partial charge in [-0.05, 0) is 18.8 Å². The van der Waals surface area contributed by atoms with Crippen LogP contribution in [-0.4, -0.2) is 24.9 Å². The van der Waals surface area contributed by atoms with E-state index in [0.717, 1.165) is 25.7 Å². The smallest absolute Gasteiger partial charge is 0.240 e. The average molecular weight is 279 g/mol. The van der Waals surface area contributed by atoms with Gasteiger partial charge in [-0.3, -0.25) is 9.59 Å². The third-order valence-electron chi connectivity index (χ3n) is 3.72. The van der Waals surface area contributed by atoms with Crippen molar-refractivity contribution < 1.29 is 9.59 Å². The van der Waals surface area contributed by atoms with Crippen molar-refractivity contribution in [2.45, 2.75) is 52.4 Å². The van der Waals surface area contributed by atoms with E-state index in [2.05, 4.69) is 16.7 Å². The van der Waals surface area contributed by atoms with Crippen LogP contribution >= 0.6 is 0 Å².